The van der Waals surface area contributed by atoms with Crippen LogP contribution in [0.5, 0.6) is 0 Å². The highest BCUT2D eigenvalue weighted by Crippen LogP contribution is 2.27. The fraction of sp³-hybridized carbons (Fsp3) is 0.500. The van der Waals surface area contributed by atoms with Crippen molar-refractivity contribution in [3.8, 4) is 0 Å². The number of hydrogen-bond donors (Lipinski definition) is 2. The molecule has 0 spiro atoms. The maximum atomic E-state index is 11.9. The standard InChI is InChI=1S/C12H18N4OS.ClH/c1-4-13-5-6-14-11(17)10-7-9-8(2)15-16(3)12(9)18-10;/h7,13H,4-6H2,1-3H3,(H,14,17);1H. The van der Waals surface area contributed by atoms with E-state index in [1.165, 1.54) is 11.3 Å². The first kappa shape index (κ1) is 15.9. The summed E-state index contributed by atoms with van der Waals surface area (Å²) < 4.78 is 1.82. The van der Waals surface area contributed by atoms with Crippen LogP contribution < -0.4 is 10.6 Å². The van der Waals surface area contributed by atoms with Crippen LogP contribution in [0, 0.1) is 6.92 Å². The topological polar surface area (TPSA) is 58.9 Å². The number of rotatable bonds is 5. The first-order valence-corrected chi connectivity index (χ1v) is 6.87. The minimum absolute atomic E-state index is 0. The summed E-state index contributed by atoms with van der Waals surface area (Å²) in [6.07, 6.45) is 0. The van der Waals surface area contributed by atoms with Crippen molar-refractivity contribution in [3.05, 3.63) is 16.6 Å². The summed E-state index contributed by atoms with van der Waals surface area (Å²) in [6, 6.07) is 1.92. The van der Waals surface area contributed by atoms with Gasteiger partial charge in [0, 0.05) is 25.5 Å². The maximum Gasteiger partial charge on any atom is 0.261 e. The van der Waals surface area contributed by atoms with E-state index in [4.69, 9.17) is 0 Å². The first-order chi connectivity index (χ1) is 8.63. The van der Waals surface area contributed by atoms with Crippen molar-refractivity contribution in [2.75, 3.05) is 19.6 Å². The smallest absolute Gasteiger partial charge is 0.261 e. The third-order valence-electron chi connectivity index (χ3n) is 2.76. The van der Waals surface area contributed by atoms with Crippen LogP contribution in [0.25, 0.3) is 10.2 Å². The molecule has 0 aliphatic heterocycles. The molecule has 106 valence electrons. The number of amides is 1. The zero-order chi connectivity index (χ0) is 13.1. The first-order valence-electron chi connectivity index (χ1n) is 6.05. The molecule has 2 heterocycles. The number of hydrogen-bond acceptors (Lipinski definition) is 4. The van der Waals surface area contributed by atoms with Gasteiger partial charge in [-0.3, -0.25) is 9.48 Å². The fourth-order valence-electron chi connectivity index (χ4n) is 1.85. The Kier molecular flexibility index (Phi) is 5.78. The van der Waals surface area contributed by atoms with Crippen LogP contribution in [0.2, 0.25) is 0 Å². The number of fused-ring (bicyclic) bond motifs is 1. The van der Waals surface area contributed by atoms with Gasteiger partial charge in [-0.1, -0.05) is 6.92 Å². The molecule has 0 aromatic carbocycles. The van der Waals surface area contributed by atoms with E-state index in [9.17, 15) is 4.79 Å². The molecule has 1 amide bonds. The Labute approximate surface area is 122 Å². The van der Waals surface area contributed by atoms with Crippen LogP contribution in [0.15, 0.2) is 6.07 Å². The van der Waals surface area contributed by atoms with Crippen LogP contribution in [-0.2, 0) is 7.05 Å². The predicted molar refractivity (Wildman–Crippen MR) is 81.5 cm³/mol. The summed E-state index contributed by atoms with van der Waals surface area (Å²) in [6.45, 7) is 6.38. The Morgan fingerprint density at radius 2 is 2.21 bits per heavy atom. The normalized spacial score (nSPS) is 10.5. The zero-order valence-electron chi connectivity index (χ0n) is 11.3. The molecule has 2 N–H and O–H groups in total. The number of nitrogens with one attached hydrogen (secondary N) is 2. The molecule has 7 heteroatoms. The van der Waals surface area contributed by atoms with Crippen LogP contribution in [0.3, 0.4) is 0 Å². The van der Waals surface area contributed by atoms with Crippen LogP contribution in [0.4, 0.5) is 0 Å². The van der Waals surface area contributed by atoms with Gasteiger partial charge in [-0.15, -0.1) is 23.7 Å². The average molecular weight is 303 g/mol. The molecule has 5 nitrogen and oxygen atoms in total. The Morgan fingerprint density at radius 1 is 1.47 bits per heavy atom. The van der Waals surface area contributed by atoms with Crippen molar-refractivity contribution in [2.45, 2.75) is 13.8 Å². The van der Waals surface area contributed by atoms with Crippen molar-refractivity contribution in [1.82, 2.24) is 20.4 Å². The van der Waals surface area contributed by atoms with Crippen molar-refractivity contribution in [1.29, 1.82) is 0 Å². The summed E-state index contributed by atoms with van der Waals surface area (Å²) in [5, 5.41) is 11.5. The second kappa shape index (κ2) is 6.88. The zero-order valence-corrected chi connectivity index (χ0v) is 13.0. The quantitative estimate of drug-likeness (QED) is 0.827. The average Bonchev–Trinajstić information content (AvgIpc) is 2.88. The lowest BCUT2D eigenvalue weighted by Crippen LogP contribution is -2.31. The summed E-state index contributed by atoms with van der Waals surface area (Å²) in [5.41, 5.74) is 0.968. The Balaban J connectivity index is 0.00000180. The highest BCUT2D eigenvalue weighted by atomic mass is 35.5. The van der Waals surface area contributed by atoms with E-state index < -0.39 is 0 Å². The van der Waals surface area contributed by atoms with E-state index in [-0.39, 0.29) is 18.3 Å². The van der Waals surface area contributed by atoms with Gasteiger partial charge in [-0.2, -0.15) is 5.10 Å². The highest BCUT2D eigenvalue weighted by Gasteiger charge is 2.14. The second-order valence-corrected chi connectivity index (χ2v) is 5.18. The number of aryl methyl sites for hydroxylation is 2. The molecule has 0 fully saturated rings. The van der Waals surface area contributed by atoms with Crippen LogP contribution >= 0.6 is 23.7 Å². The lowest BCUT2D eigenvalue weighted by Gasteiger charge is -2.03. The summed E-state index contributed by atoms with van der Waals surface area (Å²) in [7, 11) is 1.90. The molecular weight excluding hydrogens is 284 g/mol. The SMILES string of the molecule is CCNCCNC(=O)c1cc2c(C)nn(C)c2s1.Cl. The van der Waals surface area contributed by atoms with E-state index in [2.05, 4.69) is 15.7 Å². The Morgan fingerprint density at radius 3 is 2.84 bits per heavy atom. The van der Waals surface area contributed by atoms with E-state index >= 15 is 0 Å². The molecule has 2 aromatic rings. The molecule has 0 saturated heterocycles. The van der Waals surface area contributed by atoms with Crippen molar-refractivity contribution >= 4 is 39.9 Å². The molecule has 0 saturated carbocycles. The molecule has 0 atom stereocenters. The Bertz CT molecular complexity index is 529. The van der Waals surface area contributed by atoms with Gasteiger partial charge in [0.15, 0.2) is 0 Å². The van der Waals surface area contributed by atoms with Gasteiger partial charge in [-0.25, -0.2) is 0 Å². The van der Waals surface area contributed by atoms with Crippen molar-refractivity contribution in [3.63, 3.8) is 0 Å². The number of aromatic nitrogens is 2. The molecule has 0 radical (unpaired) electrons. The lowest BCUT2D eigenvalue weighted by atomic mass is 10.3. The van der Waals surface area contributed by atoms with Gasteiger partial charge in [0.2, 0.25) is 0 Å². The van der Waals surface area contributed by atoms with Crippen molar-refractivity contribution < 1.29 is 4.79 Å². The number of halogens is 1. The number of carbonyl (C=O) groups is 1. The molecule has 2 rings (SSSR count). The van der Waals surface area contributed by atoms with Gasteiger partial charge in [0.1, 0.15) is 4.83 Å². The van der Waals surface area contributed by atoms with Gasteiger partial charge in [0.05, 0.1) is 10.6 Å². The van der Waals surface area contributed by atoms with E-state index in [0.717, 1.165) is 33.9 Å². The van der Waals surface area contributed by atoms with Gasteiger partial charge in [0.25, 0.3) is 5.91 Å². The highest BCUT2D eigenvalue weighted by molar-refractivity contribution is 7.20. The van der Waals surface area contributed by atoms with Gasteiger partial charge >= 0.3 is 0 Å². The maximum absolute atomic E-state index is 11.9. The van der Waals surface area contributed by atoms with Crippen molar-refractivity contribution in [2.24, 2.45) is 7.05 Å². The minimum Gasteiger partial charge on any atom is -0.350 e. The molecule has 2 aromatic heterocycles. The second-order valence-electron chi connectivity index (χ2n) is 4.15. The number of nitrogens with zero attached hydrogens (tertiary/aromatic N) is 2. The molecule has 0 aliphatic rings. The number of carbonyl (C=O) groups excluding carboxylic acids is 1. The third kappa shape index (κ3) is 3.46. The Hall–Kier alpha value is -1.11. The summed E-state index contributed by atoms with van der Waals surface area (Å²) in [5.74, 6) is -0.00602. The molecule has 0 unspecified atom stereocenters. The number of likely N-dealkylation sites (N-methyl/N-ethyl adjacent to an activating group) is 1. The molecule has 0 aliphatic carbocycles. The van der Waals surface area contributed by atoms with E-state index in [1.54, 1.807) is 0 Å². The van der Waals surface area contributed by atoms with Crippen LogP contribution in [0.1, 0.15) is 22.3 Å². The monoisotopic (exact) mass is 302 g/mol. The van der Waals surface area contributed by atoms with E-state index in [1.807, 2.05) is 31.6 Å². The number of thiophene rings is 1. The molecule has 19 heavy (non-hydrogen) atoms. The van der Waals surface area contributed by atoms with E-state index in [0.29, 0.717) is 6.54 Å². The third-order valence-corrected chi connectivity index (χ3v) is 3.96. The summed E-state index contributed by atoms with van der Waals surface area (Å²) in [4.78, 5) is 13.7. The predicted octanol–water partition coefficient (Wildman–Crippen LogP) is 1.70. The van der Waals surface area contributed by atoms with Crippen LogP contribution in [-0.4, -0.2) is 35.3 Å². The lowest BCUT2D eigenvalue weighted by molar-refractivity contribution is 0.0958. The van der Waals surface area contributed by atoms with Gasteiger partial charge in [-0.05, 0) is 19.5 Å². The minimum atomic E-state index is -0.00602. The molecule has 0 bridgehead atoms. The fourth-order valence-corrected chi connectivity index (χ4v) is 2.88. The summed E-state index contributed by atoms with van der Waals surface area (Å²) >= 11 is 1.48. The van der Waals surface area contributed by atoms with Gasteiger partial charge < -0.3 is 10.6 Å². The largest absolute Gasteiger partial charge is 0.350 e. The molecular formula is C12H19ClN4OS.